The van der Waals surface area contributed by atoms with Gasteiger partial charge in [-0.2, -0.15) is 0 Å². The first kappa shape index (κ1) is 69.8. The second-order valence-electron chi connectivity index (χ2n) is 22.2. The van der Waals surface area contributed by atoms with Crippen molar-refractivity contribution in [2.24, 2.45) is 0 Å². The van der Waals surface area contributed by atoms with Crippen molar-refractivity contribution >= 4 is 5.97 Å². The molecule has 0 radical (unpaired) electrons. The fourth-order valence-corrected chi connectivity index (χ4v) is 10.2. The van der Waals surface area contributed by atoms with E-state index in [-0.39, 0.29) is 25.6 Å². The molecule has 14 heteroatoms. The molecule has 2 saturated heterocycles. The lowest BCUT2D eigenvalue weighted by Gasteiger charge is -2.42. The van der Waals surface area contributed by atoms with Crippen molar-refractivity contribution in [2.75, 3.05) is 33.0 Å². The molecule has 0 aromatic carbocycles. The van der Waals surface area contributed by atoms with Crippen molar-refractivity contribution in [3.8, 4) is 0 Å². The third-order valence-electron chi connectivity index (χ3n) is 15.3. The van der Waals surface area contributed by atoms with Crippen LogP contribution in [0.4, 0.5) is 0 Å². The number of unbranched alkanes of at least 4 members (excludes halogenated alkanes) is 36. The van der Waals surface area contributed by atoms with E-state index in [4.69, 9.17) is 28.4 Å². The van der Waals surface area contributed by atoms with Gasteiger partial charge in [0.2, 0.25) is 0 Å². The molecule has 0 amide bonds. The van der Waals surface area contributed by atoms with Crippen LogP contribution in [-0.4, -0.2) is 142 Å². The van der Waals surface area contributed by atoms with Gasteiger partial charge in [-0.05, 0) is 38.5 Å². The lowest BCUT2D eigenvalue weighted by atomic mass is 9.98. The van der Waals surface area contributed by atoms with E-state index in [0.717, 1.165) is 44.9 Å². The SMILES string of the molecule is CCCCCCCCC/C=C\CCCCCCCCOCC(COC1OC(COC2OC(CO)C(O)C(O)C2O)C(O)C(O)C1O)OC(=O)CCCCCCCCCCCCCCCCCCCCCCCCCC. The number of aliphatic hydroxyl groups is 7. The average molecular weight is 1070 g/mol. The molecule has 11 unspecified atom stereocenters. The zero-order chi connectivity index (χ0) is 54.4. The molecule has 2 heterocycles. The molecule has 444 valence electrons. The van der Waals surface area contributed by atoms with E-state index in [1.807, 2.05) is 0 Å². The molecule has 11 atom stereocenters. The fourth-order valence-electron chi connectivity index (χ4n) is 10.2. The second-order valence-corrected chi connectivity index (χ2v) is 22.2. The van der Waals surface area contributed by atoms with Gasteiger partial charge >= 0.3 is 5.97 Å². The van der Waals surface area contributed by atoms with Crippen LogP contribution in [0.25, 0.3) is 0 Å². The molecule has 0 bridgehead atoms. The smallest absolute Gasteiger partial charge is 0.306 e. The zero-order valence-corrected chi connectivity index (χ0v) is 47.8. The number of hydrogen-bond donors (Lipinski definition) is 7. The van der Waals surface area contributed by atoms with Crippen molar-refractivity contribution < 1.29 is 69.0 Å². The molecule has 2 rings (SSSR count). The highest BCUT2D eigenvalue weighted by Crippen LogP contribution is 2.27. The van der Waals surface area contributed by atoms with Crippen molar-refractivity contribution in [2.45, 2.75) is 338 Å². The van der Waals surface area contributed by atoms with Gasteiger partial charge in [-0.25, -0.2) is 0 Å². The second kappa shape index (κ2) is 48.6. The van der Waals surface area contributed by atoms with Crippen LogP contribution in [-0.2, 0) is 33.2 Å². The van der Waals surface area contributed by atoms with Gasteiger partial charge in [0.1, 0.15) is 54.9 Å². The highest BCUT2D eigenvalue weighted by Gasteiger charge is 2.47. The summed E-state index contributed by atoms with van der Waals surface area (Å²) in [5.41, 5.74) is 0. The largest absolute Gasteiger partial charge is 0.457 e. The fraction of sp³-hybridized carbons (Fsp3) is 0.951. The van der Waals surface area contributed by atoms with Gasteiger partial charge in [0, 0.05) is 13.0 Å². The van der Waals surface area contributed by atoms with Gasteiger partial charge in [0.25, 0.3) is 0 Å². The van der Waals surface area contributed by atoms with Gasteiger partial charge in [-0.15, -0.1) is 0 Å². The van der Waals surface area contributed by atoms with Gasteiger partial charge in [0.05, 0.1) is 26.4 Å². The molecule has 75 heavy (non-hydrogen) atoms. The van der Waals surface area contributed by atoms with E-state index in [1.54, 1.807) is 0 Å². The molecule has 0 saturated carbocycles. The van der Waals surface area contributed by atoms with Crippen LogP contribution in [0, 0.1) is 0 Å². The van der Waals surface area contributed by atoms with Crippen LogP contribution in [0.15, 0.2) is 12.2 Å². The first-order chi connectivity index (χ1) is 36.6. The Kier molecular flexibility index (Phi) is 45.3. The molecule has 0 aromatic heterocycles. The van der Waals surface area contributed by atoms with Crippen LogP contribution in [0.2, 0.25) is 0 Å². The molecular weight excluding hydrogens is 957 g/mol. The molecule has 2 aliphatic rings. The standard InChI is InChI=1S/C61H116O14/c1-3-5-7-9-11-13-15-17-19-21-22-23-24-25-26-27-28-30-32-34-36-38-40-42-44-53(63)73-50(47-70-45-43-41-39-37-35-33-31-29-20-18-16-14-12-10-8-6-4-2)48-71-60-59(69)57(67)55(65)52(75-60)49-72-61-58(68)56(66)54(64)51(46-62)74-61/h20,29,50-52,54-62,64-69H,3-19,21-28,30-49H2,1-2H3/b29-20-. The average Bonchev–Trinajstić information content (AvgIpc) is 3.41. The summed E-state index contributed by atoms with van der Waals surface area (Å²) in [7, 11) is 0. The predicted molar refractivity (Wildman–Crippen MR) is 298 cm³/mol. The maximum atomic E-state index is 13.1. The minimum atomic E-state index is -1.70. The Hall–Kier alpha value is -1.27. The lowest BCUT2D eigenvalue weighted by molar-refractivity contribution is -0.332. The number of esters is 1. The Morgan fingerprint density at radius 3 is 1.21 bits per heavy atom. The van der Waals surface area contributed by atoms with E-state index in [0.29, 0.717) is 13.0 Å². The van der Waals surface area contributed by atoms with Crippen LogP contribution in [0.5, 0.6) is 0 Å². The topological polar surface area (TPSA) is 214 Å². The van der Waals surface area contributed by atoms with Gasteiger partial charge < -0.3 is 64.2 Å². The molecule has 7 N–H and O–H groups in total. The summed E-state index contributed by atoms with van der Waals surface area (Å²) >= 11 is 0. The van der Waals surface area contributed by atoms with Crippen LogP contribution < -0.4 is 0 Å². The summed E-state index contributed by atoms with van der Waals surface area (Å²) in [5, 5.41) is 72.4. The predicted octanol–water partition coefficient (Wildman–Crippen LogP) is 11.8. The Balaban J connectivity index is 1.67. The third kappa shape index (κ3) is 35.2. The molecule has 0 aromatic rings. The van der Waals surface area contributed by atoms with Crippen LogP contribution in [0.3, 0.4) is 0 Å². The molecular formula is C61H116O14. The zero-order valence-electron chi connectivity index (χ0n) is 47.8. The Bertz CT molecular complexity index is 1290. The minimum absolute atomic E-state index is 0.0635. The monoisotopic (exact) mass is 1070 g/mol. The van der Waals surface area contributed by atoms with Gasteiger partial charge in [0.15, 0.2) is 12.6 Å². The van der Waals surface area contributed by atoms with Gasteiger partial charge in [-0.1, -0.05) is 238 Å². The number of hydrogen-bond acceptors (Lipinski definition) is 14. The molecule has 0 spiro atoms. The Labute approximate surface area is 456 Å². The summed E-state index contributed by atoms with van der Waals surface area (Å²) in [4.78, 5) is 13.1. The minimum Gasteiger partial charge on any atom is -0.457 e. The van der Waals surface area contributed by atoms with Crippen LogP contribution >= 0.6 is 0 Å². The Morgan fingerprint density at radius 2 is 0.787 bits per heavy atom. The summed E-state index contributed by atoms with van der Waals surface area (Å²) in [6, 6.07) is 0. The quantitative estimate of drug-likeness (QED) is 0.0172. The first-order valence-corrected chi connectivity index (χ1v) is 31.3. The normalized spacial score (nSPS) is 24.6. The number of carbonyl (C=O) groups is 1. The Morgan fingerprint density at radius 1 is 0.427 bits per heavy atom. The highest BCUT2D eigenvalue weighted by molar-refractivity contribution is 5.69. The third-order valence-corrected chi connectivity index (χ3v) is 15.3. The number of carbonyl (C=O) groups excluding carboxylic acids is 1. The summed E-state index contributed by atoms with van der Waals surface area (Å²) in [6.07, 6.45) is 38.5. The molecule has 2 fully saturated rings. The summed E-state index contributed by atoms with van der Waals surface area (Å²) < 4.78 is 34.5. The summed E-state index contributed by atoms with van der Waals surface area (Å²) in [6.45, 7) is 3.74. The maximum absolute atomic E-state index is 13.1. The van der Waals surface area contributed by atoms with E-state index in [2.05, 4.69) is 26.0 Å². The first-order valence-electron chi connectivity index (χ1n) is 31.3. The number of ether oxygens (including phenoxy) is 6. The number of aliphatic hydroxyl groups excluding tert-OH is 7. The molecule has 14 nitrogen and oxygen atoms in total. The van der Waals surface area contributed by atoms with E-state index in [1.165, 1.54) is 199 Å². The van der Waals surface area contributed by atoms with E-state index >= 15 is 0 Å². The van der Waals surface area contributed by atoms with Crippen LogP contribution in [0.1, 0.15) is 271 Å². The van der Waals surface area contributed by atoms with Crippen molar-refractivity contribution in [1.29, 1.82) is 0 Å². The van der Waals surface area contributed by atoms with Crippen molar-refractivity contribution in [1.82, 2.24) is 0 Å². The van der Waals surface area contributed by atoms with E-state index in [9.17, 15) is 40.5 Å². The van der Waals surface area contributed by atoms with Crippen molar-refractivity contribution in [3.63, 3.8) is 0 Å². The highest BCUT2D eigenvalue weighted by atomic mass is 16.7. The summed E-state index contributed by atoms with van der Waals surface area (Å²) in [5.74, 6) is -0.370. The number of allylic oxidation sites excluding steroid dienone is 2. The van der Waals surface area contributed by atoms with Gasteiger partial charge in [-0.3, -0.25) is 4.79 Å². The molecule has 0 aliphatic carbocycles. The lowest BCUT2D eigenvalue weighted by Crippen LogP contribution is -2.61. The molecule has 2 aliphatic heterocycles. The van der Waals surface area contributed by atoms with Crippen molar-refractivity contribution in [3.05, 3.63) is 12.2 Å². The maximum Gasteiger partial charge on any atom is 0.306 e. The number of rotatable bonds is 52. The van der Waals surface area contributed by atoms with E-state index < -0.39 is 80.7 Å².